The van der Waals surface area contributed by atoms with Gasteiger partial charge in [0.25, 0.3) is 0 Å². The molecule has 1 rings (SSSR count). The molecule has 0 fully saturated rings. The number of pyridine rings is 1. The van der Waals surface area contributed by atoms with Crippen LogP contribution in [0.15, 0.2) is 12.1 Å². The molecule has 0 atom stereocenters. The minimum Gasteiger partial charge on any atom is -0.465 e. The van der Waals surface area contributed by atoms with Gasteiger partial charge >= 0.3 is 5.97 Å². The highest BCUT2D eigenvalue weighted by Gasteiger charge is 2.10. The maximum atomic E-state index is 11.4. The molecule has 104 valence electrons. The summed E-state index contributed by atoms with van der Waals surface area (Å²) in [5, 5.41) is 5.75. The molecule has 1 aromatic heterocycles. The Hall–Kier alpha value is -2.11. The number of amides is 1. The van der Waals surface area contributed by atoms with E-state index < -0.39 is 5.97 Å². The van der Waals surface area contributed by atoms with E-state index in [0.717, 1.165) is 0 Å². The van der Waals surface area contributed by atoms with Crippen LogP contribution in [0, 0.1) is 6.92 Å². The maximum absolute atomic E-state index is 11.4. The van der Waals surface area contributed by atoms with E-state index in [4.69, 9.17) is 0 Å². The van der Waals surface area contributed by atoms with Crippen molar-refractivity contribution in [2.75, 3.05) is 25.5 Å². The number of carbonyl (C=O) groups is 2. The molecule has 19 heavy (non-hydrogen) atoms. The second-order valence-electron chi connectivity index (χ2n) is 3.95. The zero-order chi connectivity index (χ0) is 14.3. The molecular formula is C13H19N3O3. The summed E-state index contributed by atoms with van der Waals surface area (Å²) in [5.41, 5.74) is 1.03. The van der Waals surface area contributed by atoms with Crippen LogP contribution in [0.2, 0.25) is 0 Å². The standard InChI is InChI=1S/C13H19N3O3/c1-4-14-12(17)7-8-15-11-6-5-10(9(2)16-11)13(18)19-3/h5-6H,4,7-8H2,1-3H3,(H,14,17)(H,15,16). The number of ether oxygens (including phenoxy) is 1. The highest BCUT2D eigenvalue weighted by atomic mass is 16.5. The number of methoxy groups -OCH3 is 1. The van der Waals surface area contributed by atoms with Gasteiger partial charge in [0.15, 0.2) is 0 Å². The fraction of sp³-hybridized carbons (Fsp3) is 0.462. The second-order valence-corrected chi connectivity index (χ2v) is 3.95. The molecule has 0 saturated heterocycles. The van der Waals surface area contributed by atoms with Crippen molar-refractivity contribution in [2.45, 2.75) is 20.3 Å². The number of aryl methyl sites for hydroxylation is 1. The lowest BCUT2D eigenvalue weighted by Crippen LogP contribution is -2.24. The first-order valence-electron chi connectivity index (χ1n) is 6.15. The van der Waals surface area contributed by atoms with Crippen LogP contribution in [0.25, 0.3) is 0 Å². The number of rotatable bonds is 6. The Kier molecular flexibility index (Phi) is 5.78. The van der Waals surface area contributed by atoms with Crippen LogP contribution in [0.4, 0.5) is 5.82 Å². The summed E-state index contributed by atoms with van der Waals surface area (Å²) < 4.78 is 4.64. The van der Waals surface area contributed by atoms with Gasteiger partial charge in [-0.3, -0.25) is 4.79 Å². The summed E-state index contributed by atoms with van der Waals surface area (Å²) in [6, 6.07) is 3.35. The Balaban J connectivity index is 2.54. The lowest BCUT2D eigenvalue weighted by atomic mass is 10.2. The van der Waals surface area contributed by atoms with Crippen molar-refractivity contribution < 1.29 is 14.3 Å². The van der Waals surface area contributed by atoms with Gasteiger partial charge in [0.2, 0.25) is 5.91 Å². The van der Waals surface area contributed by atoms with Crippen LogP contribution in [0.5, 0.6) is 0 Å². The average molecular weight is 265 g/mol. The molecule has 2 N–H and O–H groups in total. The van der Waals surface area contributed by atoms with Crippen molar-refractivity contribution in [3.05, 3.63) is 23.4 Å². The van der Waals surface area contributed by atoms with E-state index >= 15 is 0 Å². The van der Waals surface area contributed by atoms with E-state index in [9.17, 15) is 9.59 Å². The Morgan fingerprint density at radius 1 is 1.37 bits per heavy atom. The molecule has 6 nitrogen and oxygen atoms in total. The van der Waals surface area contributed by atoms with Gasteiger partial charge in [-0.15, -0.1) is 0 Å². The summed E-state index contributed by atoms with van der Waals surface area (Å²) in [4.78, 5) is 26.9. The van der Waals surface area contributed by atoms with E-state index in [1.54, 1.807) is 19.1 Å². The predicted molar refractivity (Wildman–Crippen MR) is 72.1 cm³/mol. The van der Waals surface area contributed by atoms with Gasteiger partial charge in [0.05, 0.1) is 18.4 Å². The van der Waals surface area contributed by atoms with Crippen molar-refractivity contribution in [3.63, 3.8) is 0 Å². The average Bonchev–Trinajstić information content (AvgIpc) is 2.38. The van der Waals surface area contributed by atoms with Gasteiger partial charge in [-0.25, -0.2) is 9.78 Å². The number of esters is 1. The van der Waals surface area contributed by atoms with Crippen LogP contribution in [0.3, 0.4) is 0 Å². The van der Waals surface area contributed by atoms with Crippen molar-refractivity contribution in [1.82, 2.24) is 10.3 Å². The van der Waals surface area contributed by atoms with Gasteiger partial charge in [0.1, 0.15) is 5.82 Å². The molecule has 0 saturated carbocycles. The van der Waals surface area contributed by atoms with Gasteiger partial charge in [0, 0.05) is 19.5 Å². The number of nitrogens with one attached hydrogen (secondary N) is 2. The topological polar surface area (TPSA) is 80.3 Å². The normalized spacial score (nSPS) is 9.84. The summed E-state index contributed by atoms with van der Waals surface area (Å²) in [5.74, 6) is 0.228. The van der Waals surface area contributed by atoms with Crippen LogP contribution >= 0.6 is 0 Å². The lowest BCUT2D eigenvalue weighted by molar-refractivity contribution is -0.120. The van der Waals surface area contributed by atoms with Crippen LogP contribution in [-0.2, 0) is 9.53 Å². The molecular weight excluding hydrogens is 246 g/mol. The third-order valence-corrected chi connectivity index (χ3v) is 2.52. The quantitative estimate of drug-likeness (QED) is 0.753. The van der Waals surface area contributed by atoms with Crippen LogP contribution < -0.4 is 10.6 Å². The first-order valence-corrected chi connectivity index (χ1v) is 6.15. The highest BCUT2D eigenvalue weighted by molar-refractivity contribution is 5.90. The van der Waals surface area contributed by atoms with Gasteiger partial charge in [-0.1, -0.05) is 0 Å². The van der Waals surface area contributed by atoms with E-state index in [1.807, 2.05) is 6.92 Å². The van der Waals surface area contributed by atoms with Crippen molar-refractivity contribution >= 4 is 17.7 Å². The molecule has 0 aliphatic rings. The van der Waals surface area contributed by atoms with Crippen LogP contribution in [-0.4, -0.2) is 37.1 Å². The van der Waals surface area contributed by atoms with Gasteiger partial charge < -0.3 is 15.4 Å². The Morgan fingerprint density at radius 2 is 2.11 bits per heavy atom. The van der Waals surface area contributed by atoms with E-state index in [0.29, 0.717) is 36.6 Å². The zero-order valence-electron chi connectivity index (χ0n) is 11.4. The third-order valence-electron chi connectivity index (χ3n) is 2.52. The first-order chi connectivity index (χ1) is 9.08. The third kappa shape index (κ3) is 4.57. The lowest BCUT2D eigenvalue weighted by Gasteiger charge is -2.08. The molecule has 0 unspecified atom stereocenters. The minimum atomic E-state index is -0.404. The molecule has 0 aliphatic heterocycles. The largest absolute Gasteiger partial charge is 0.465 e. The Bertz CT molecular complexity index is 460. The molecule has 0 spiro atoms. The number of aromatic nitrogens is 1. The van der Waals surface area contributed by atoms with E-state index in [-0.39, 0.29) is 5.91 Å². The number of hydrogen-bond acceptors (Lipinski definition) is 5. The molecule has 6 heteroatoms. The number of anilines is 1. The number of hydrogen-bond donors (Lipinski definition) is 2. The molecule has 1 heterocycles. The van der Waals surface area contributed by atoms with E-state index in [2.05, 4.69) is 20.4 Å². The SMILES string of the molecule is CCNC(=O)CCNc1ccc(C(=O)OC)c(C)n1. The monoisotopic (exact) mass is 265 g/mol. The summed E-state index contributed by atoms with van der Waals surface area (Å²) in [7, 11) is 1.33. The van der Waals surface area contributed by atoms with Crippen molar-refractivity contribution in [3.8, 4) is 0 Å². The van der Waals surface area contributed by atoms with E-state index in [1.165, 1.54) is 7.11 Å². The molecule has 0 radical (unpaired) electrons. The molecule has 0 aliphatic carbocycles. The highest BCUT2D eigenvalue weighted by Crippen LogP contribution is 2.11. The molecule has 0 bridgehead atoms. The smallest absolute Gasteiger partial charge is 0.339 e. The summed E-state index contributed by atoms with van der Waals surface area (Å²) >= 11 is 0. The van der Waals surface area contributed by atoms with Crippen LogP contribution in [0.1, 0.15) is 29.4 Å². The fourth-order valence-corrected chi connectivity index (χ4v) is 1.57. The minimum absolute atomic E-state index is 0.00194. The predicted octanol–water partition coefficient (Wildman–Crippen LogP) is 1.11. The Labute approximate surface area is 112 Å². The summed E-state index contributed by atoms with van der Waals surface area (Å²) in [6.45, 7) is 4.74. The number of nitrogens with zero attached hydrogens (tertiary/aromatic N) is 1. The molecule has 1 amide bonds. The number of carbonyl (C=O) groups excluding carboxylic acids is 2. The van der Waals surface area contributed by atoms with Crippen molar-refractivity contribution in [2.24, 2.45) is 0 Å². The summed E-state index contributed by atoms with van der Waals surface area (Å²) in [6.07, 6.45) is 0.382. The maximum Gasteiger partial charge on any atom is 0.339 e. The molecule has 0 aromatic carbocycles. The zero-order valence-corrected chi connectivity index (χ0v) is 11.4. The molecule has 1 aromatic rings. The Morgan fingerprint density at radius 3 is 2.68 bits per heavy atom. The first kappa shape index (κ1) is 14.9. The van der Waals surface area contributed by atoms with Gasteiger partial charge in [-0.2, -0.15) is 0 Å². The van der Waals surface area contributed by atoms with Crippen molar-refractivity contribution in [1.29, 1.82) is 0 Å². The van der Waals surface area contributed by atoms with Gasteiger partial charge in [-0.05, 0) is 26.0 Å². The second kappa shape index (κ2) is 7.35. The fourth-order valence-electron chi connectivity index (χ4n) is 1.57.